The van der Waals surface area contributed by atoms with Crippen molar-refractivity contribution >= 4 is 11.6 Å². The lowest BCUT2D eigenvalue weighted by Crippen LogP contribution is -1.89. The molecule has 1 rings (SSSR count). The van der Waals surface area contributed by atoms with E-state index in [9.17, 15) is 8.78 Å². The average molecular weight is 174 g/mol. The molecule has 0 aliphatic heterocycles. The van der Waals surface area contributed by atoms with E-state index >= 15 is 0 Å². The van der Waals surface area contributed by atoms with Crippen molar-refractivity contribution in [1.82, 2.24) is 0 Å². The molecule has 56 valence electrons. The van der Waals surface area contributed by atoms with Gasteiger partial charge in [0.15, 0.2) is 11.6 Å². The van der Waals surface area contributed by atoms with E-state index in [4.69, 9.17) is 16.9 Å². The van der Waals surface area contributed by atoms with Gasteiger partial charge in [-0.15, -0.1) is 0 Å². The second-order valence-electron chi connectivity index (χ2n) is 1.83. The summed E-state index contributed by atoms with van der Waals surface area (Å²) in [5.74, 6) is -2.37. The Labute approximate surface area is 66.8 Å². The number of halogens is 3. The third-order valence-electron chi connectivity index (χ3n) is 1.16. The molecule has 0 heterocycles. The molecule has 0 fully saturated rings. The average Bonchev–Trinajstić information content (AvgIpc) is 2.01. The molecule has 0 atom stereocenters. The first-order valence-corrected chi connectivity index (χ1v) is 3.08. The summed E-state index contributed by atoms with van der Waals surface area (Å²) < 4.78 is 25.1. The zero-order valence-electron chi connectivity index (χ0n) is 5.24. The molecule has 4 heteroatoms. The van der Waals surface area contributed by atoms with Crippen LogP contribution in [0.4, 0.5) is 8.78 Å². The van der Waals surface area contributed by atoms with Gasteiger partial charge >= 0.3 is 0 Å². The maximum atomic E-state index is 12.6. The van der Waals surface area contributed by atoms with Crippen LogP contribution in [0.15, 0.2) is 12.1 Å². The van der Waals surface area contributed by atoms with Gasteiger partial charge in [0, 0.05) is 0 Å². The lowest BCUT2D eigenvalue weighted by Gasteiger charge is -1.95. The molecule has 0 radical (unpaired) electrons. The Hall–Kier alpha value is -1.14. The van der Waals surface area contributed by atoms with Crippen LogP contribution in [0.25, 0.3) is 0 Å². The zero-order valence-corrected chi connectivity index (χ0v) is 5.99. The van der Waals surface area contributed by atoms with Crippen molar-refractivity contribution in [1.29, 1.82) is 5.26 Å². The Balaban J connectivity index is 3.40. The standard InChI is InChI=1S/C7H2ClF2N/c8-5-2-1-4(3-11)6(9)7(5)10/h1-2H. The van der Waals surface area contributed by atoms with Gasteiger partial charge in [-0.25, -0.2) is 8.78 Å². The summed E-state index contributed by atoms with van der Waals surface area (Å²) in [6.07, 6.45) is 0. The van der Waals surface area contributed by atoms with Gasteiger partial charge in [0.25, 0.3) is 0 Å². The van der Waals surface area contributed by atoms with Gasteiger partial charge in [0.05, 0.1) is 10.6 Å². The van der Waals surface area contributed by atoms with Crippen molar-refractivity contribution in [3.8, 4) is 6.07 Å². The van der Waals surface area contributed by atoms with Gasteiger partial charge in [-0.3, -0.25) is 0 Å². The van der Waals surface area contributed by atoms with Crippen LogP contribution in [0.3, 0.4) is 0 Å². The SMILES string of the molecule is N#Cc1ccc(Cl)c(F)c1F. The summed E-state index contributed by atoms with van der Waals surface area (Å²) >= 11 is 5.22. The first-order valence-electron chi connectivity index (χ1n) is 2.70. The Bertz CT molecular complexity index is 330. The van der Waals surface area contributed by atoms with Crippen LogP contribution in [0.5, 0.6) is 0 Å². The van der Waals surface area contributed by atoms with E-state index in [-0.39, 0.29) is 10.6 Å². The van der Waals surface area contributed by atoms with Crippen LogP contribution in [-0.2, 0) is 0 Å². The fourth-order valence-electron chi connectivity index (χ4n) is 0.612. The third kappa shape index (κ3) is 1.31. The fraction of sp³-hybridized carbons (Fsp3) is 0. The van der Waals surface area contributed by atoms with Crippen molar-refractivity contribution < 1.29 is 8.78 Å². The smallest absolute Gasteiger partial charge is 0.178 e. The minimum atomic E-state index is -1.19. The zero-order chi connectivity index (χ0) is 8.43. The van der Waals surface area contributed by atoms with Crippen LogP contribution in [0.1, 0.15) is 5.56 Å². The highest BCUT2D eigenvalue weighted by molar-refractivity contribution is 6.30. The predicted molar refractivity (Wildman–Crippen MR) is 36.1 cm³/mol. The molecular weight excluding hydrogens is 172 g/mol. The highest BCUT2D eigenvalue weighted by Crippen LogP contribution is 2.19. The van der Waals surface area contributed by atoms with E-state index < -0.39 is 11.6 Å². The second kappa shape index (κ2) is 2.85. The van der Waals surface area contributed by atoms with Gasteiger partial charge in [-0.1, -0.05) is 11.6 Å². The lowest BCUT2D eigenvalue weighted by molar-refractivity contribution is 0.506. The van der Waals surface area contributed by atoms with Gasteiger partial charge in [-0.05, 0) is 12.1 Å². The molecule has 0 N–H and O–H groups in total. The fourth-order valence-corrected chi connectivity index (χ4v) is 0.758. The number of hydrogen-bond donors (Lipinski definition) is 0. The van der Waals surface area contributed by atoms with E-state index in [0.29, 0.717) is 0 Å². The molecule has 0 bridgehead atoms. The van der Waals surface area contributed by atoms with Crippen LogP contribution < -0.4 is 0 Å². The van der Waals surface area contributed by atoms with Gasteiger partial charge in [0.2, 0.25) is 0 Å². The Kier molecular flexibility index (Phi) is 2.06. The summed E-state index contributed by atoms with van der Waals surface area (Å²) in [4.78, 5) is 0. The van der Waals surface area contributed by atoms with Crippen LogP contribution in [-0.4, -0.2) is 0 Å². The van der Waals surface area contributed by atoms with Crippen molar-refractivity contribution in [2.75, 3.05) is 0 Å². The Morgan fingerprint density at radius 3 is 2.45 bits per heavy atom. The topological polar surface area (TPSA) is 23.8 Å². The van der Waals surface area contributed by atoms with E-state index in [2.05, 4.69) is 0 Å². The van der Waals surface area contributed by atoms with Crippen LogP contribution >= 0.6 is 11.6 Å². The number of hydrogen-bond acceptors (Lipinski definition) is 1. The molecular formula is C7H2ClF2N. The van der Waals surface area contributed by atoms with E-state index in [0.717, 1.165) is 12.1 Å². The van der Waals surface area contributed by atoms with Crippen molar-refractivity contribution in [3.05, 3.63) is 34.4 Å². The molecule has 0 unspecified atom stereocenters. The molecule has 0 aliphatic carbocycles. The molecule has 1 aromatic carbocycles. The van der Waals surface area contributed by atoms with Gasteiger partial charge in [-0.2, -0.15) is 5.26 Å². The highest BCUT2D eigenvalue weighted by atomic mass is 35.5. The molecule has 11 heavy (non-hydrogen) atoms. The first-order chi connectivity index (χ1) is 5.16. The summed E-state index contributed by atoms with van der Waals surface area (Å²) in [5.41, 5.74) is -0.341. The van der Waals surface area contributed by atoms with E-state index in [1.54, 1.807) is 0 Å². The molecule has 0 saturated carbocycles. The summed E-state index contributed by atoms with van der Waals surface area (Å²) in [6, 6.07) is 3.75. The monoisotopic (exact) mass is 173 g/mol. The maximum Gasteiger partial charge on any atom is 0.178 e. The normalized spacial score (nSPS) is 9.27. The Morgan fingerprint density at radius 1 is 1.27 bits per heavy atom. The molecule has 0 aliphatic rings. The minimum Gasteiger partial charge on any atom is -0.202 e. The molecule has 0 saturated heterocycles. The maximum absolute atomic E-state index is 12.6. The van der Waals surface area contributed by atoms with E-state index in [1.807, 2.05) is 0 Å². The van der Waals surface area contributed by atoms with Crippen LogP contribution in [0.2, 0.25) is 5.02 Å². The molecule has 1 nitrogen and oxygen atoms in total. The lowest BCUT2D eigenvalue weighted by atomic mass is 10.2. The predicted octanol–water partition coefficient (Wildman–Crippen LogP) is 2.49. The molecule has 0 aromatic heterocycles. The highest BCUT2D eigenvalue weighted by Gasteiger charge is 2.10. The summed E-state index contributed by atoms with van der Waals surface area (Å²) in [6.45, 7) is 0. The van der Waals surface area contributed by atoms with Crippen molar-refractivity contribution in [3.63, 3.8) is 0 Å². The summed E-state index contributed by atoms with van der Waals surface area (Å²) in [5, 5.41) is 7.92. The van der Waals surface area contributed by atoms with Crippen molar-refractivity contribution in [2.45, 2.75) is 0 Å². The molecule has 1 aromatic rings. The summed E-state index contributed by atoms with van der Waals surface area (Å²) in [7, 11) is 0. The van der Waals surface area contributed by atoms with Gasteiger partial charge in [0.1, 0.15) is 6.07 Å². The first kappa shape index (κ1) is 7.96. The molecule has 0 spiro atoms. The quantitative estimate of drug-likeness (QED) is 0.553. The van der Waals surface area contributed by atoms with Crippen LogP contribution in [0, 0.1) is 23.0 Å². The largest absolute Gasteiger partial charge is 0.202 e. The number of nitriles is 1. The number of rotatable bonds is 0. The van der Waals surface area contributed by atoms with Crippen molar-refractivity contribution in [2.24, 2.45) is 0 Å². The number of nitrogens with zero attached hydrogens (tertiary/aromatic N) is 1. The number of benzene rings is 1. The third-order valence-corrected chi connectivity index (χ3v) is 1.45. The van der Waals surface area contributed by atoms with Gasteiger partial charge < -0.3 is 0 Å². The molecule has 0 amide bonds. The Morgan fingerprint density at radius 2 is 1.91 bits per heavy atom. The second-order valence-corrected chi connectivity index (χ2v) is 2.24. The van der Waals surface area contributed by atoms with E-state index in [1.165, 1.54) is 6.07 Å². The minimum absolute atomic E-state index is 0.318.